The predicted molar refractivity (Wildman–Crippen MR) is 111 cm³/mol. The standard InChI is InChI=1S/C19H25N5O2S/c1-23(2)27(25)17-8-9-24(13-17)19-10-18(20)14(12-22-19)11-21-15-4-6-16(26-3)7-5-15/h4-7,10-12,17H,8-9,13H2,1-3H3,(H2,20,22). The van der Waals surface area contributed by atoms with E-state index in [1.165, 1.54) is 0 Å². The molecule has 0 aliphatic carbocycles. The Bertz CT molecular complexity index is 838. The average molecular weight is 388 g/mol. The Labute approximate surface area is 162 Å². The highest BCUT2D eigenvalue weighted by Gasteiger charge is 2.29. The summed E-state index contributed by atoms with van der Waals surface area (Å²) in [5, 5.41) is 0.124. The topological polar surface area (TPSA) is 84.1 Å². The van der Waals surface area contributed by atoms with Gasteiger partial charge in [0, 0.05) is 42.8 Å². The van der Waals surface area contributed by atoms with Crippen LogP contribution >= 0.6 is 0 Å². The van der Waals surface area contributed by atoms with Crippen molar-refractivity contribution in [3.8, 4) is 5.75 Å². The van der Waals surface area contributed by atoms with Crippen molar-refractivity contribution >= 4 is 34.4 Å². The van der Waals surface area contributed by atoms with E-state index in [4.69, 9.17) is 10.5 Å². The van der Waals surface area contributed by atoms with Gasteiger partial charge in [0.05, 0.1) is 29.0 Å². The van der Waals surface area contributed by atoms with E-state index in [2.05, 4.69) is 14.9 Å². The Morgan fingerprint density at radius 3 is 2.74 bits per heavy atom. The Balaban J connectivity index is 1.68. The highest BCUT2D eigenvalue weighted by Crippen LogP contribution is 2.25. The number of methoxy groups -OCH3 is 1. The lowest BCUT2D eigenvalue weighted by molar-refractivity contribution is 0.415. The minimum Gasteiger partial charge on any atom is -0.497 e. The van der Waals surface area contributed by atoms with Crippen LogP contribution in [0.5, 0.6) is 5.75 Å². The number of aromatic nitrogens is 1. The van der Waals surface area contributed by atoms with Crippen LogP contribution in [0.4, 0.5) is 17.2 Å². The third-order valence-electron chi connectivity index (χ3n) is 4.49. The highest BCUT2D eigenvalue weighted by molar-refractivity contribution is 7.83. The molecule has 8 heteroatoms. The number of aliphatic imine (C=N–C) groups is 1. The fraction of sp³-hybridized carbons (Fsp3) is 0.368. The van der Waals surface area contributed by atoms with Crippen LogP contribution in [-0.4, -0.2) is 59.3 Å². The van der Waals surface area contributed by atoms with E-state index in [0.717, 1.165) is 42.3 Å². The number of nitrogens with two attached hydrogens (primary N) is 1. The third-order valence-corrected chi connectivity index (χ3v) is 6.17. The molecule has 2 N–H and O–H groups in total. The van der Waals surface area contributed by atoms with Crippen molar-refractivity contribution in [3.63, 3.8) is 0 Å². The van der Waals surface area contributed by atoms with Gasteiger partial charge in [-0.3, -0.25) is 4.99 Å². The smallest absolute Gasteiger partial charge is 0.130 e. The first-order chi connectivity index (χ1) is 13.0. The minimum absolute atomic E-state index is 0.124. The summed E-state index contributed by atoms with van der Waals surface area (Å²) in [7, 11) is 4.33. The number of ether oxygens (including phenoxy) is 1. The lowest BCUT2D eigenvalue weighted by Gasteiger charge is -2.19. The van der Waals surface area contributed by atoms with E-state index >= 15 is 0 Å². The number of hydrogen-bond donors (Lipinski definition) is 1. The summed E-state index contributed by atoms with van der Waals surface area (Å²) in [6.45, 7) is 1.55. The van der Waals surface area contributed by atoms with E-state index in [1.54, 1.807) is 23.8 Å². The van der Waals surface area contributed by atoms with Gasteiger partial charge in [-0.2, -0.15) is 0 Å². The molecule has 0 saturated carbocycles. The number of pyridine rings is 1. The van der Waals surface area contributed by atoms with Crippen LogP contribution in [-0.2, 0) is 11.0 Å². The molecular formula is C19H25N5O2S. The van der Waals surface area contributed by atoms with Crippen molar-refractivity contribution in [2.45, 2.75) is 11.7 Å². The van der Waals surface area contributed by atoms with Gasteiger partial charge >= 0.3 is 0 Å². The van der Waals surface area contributed by atoms with Crippen molar-refractivity contribution in [3.05, 3.63) is 42.1 Å². The van der Waals surface area contributed by atoms with Crippen LogP contribution in [0.25, 0.3) is 0 Å². The van der Waals surface area contributed by atoms with Crippen LogP contribution in [0.15, 0.2) is 41.5 Å². The van der Waals surface area contributed by atoms with Crippen molar-refractivity contribution < 1.29 is 8.95 Å². The molecule has 1 aliphatic heterocycles. The monoisotopic (exact) mass is 387 g/mol. The molecule has 3 rings (SSSR count). The molecule has 0 bridgehead atoms. The molecule has 1 aromatic heterocycles. The maximum atomic E-state index is 12.2. The summed E-state index contributed by atoms with van der Waals surface area (Å²) in [6, 6.07) is 9.33. The van der Waals surface area contributed by atoms with E-state index in [-0.39, 0.29) is 5.25 Å². The van der Waals surface area contributed by atoms with Crippen LogP contribution < -0.4 is 15.4 Å². The van der Waals surface area contributed by atoms with Crippen LogP contribution in [0.1, 0.15) is 12.0 Å². The van der Waals surface area contributed by atoms with Gasteiger partial charge in [-0.1, -0.05) is 0 Å². The predicted octanol–water partition coefficient (Wildman–Crippen LogP) is 2.23. The molecule has 1 fully saturated rings. The minimum atomic E-state index is -0.976. The quantitative estimate of drug-likeness (QED) is 0.769. The van der Waals surface area contributed by atoms with E-state index in [9.17, 15) is 4.21 Å². The molecular weight excluding hydrogens is 362 g/mol. The second-order valence-corrected chi connectivity index (χ2v) is 8.52. The number of benzene rings is 1. The Morgan fingerprint density at radius 2 is 2.11 bits per heavy atom. The van der Waals surface area contributed by atoms with Crippen molar-refractivity contribution in [2.24, 2.45) is 4.99 Å². The normalized spacial score (nSPS) is 18.4. The van der Waals surface area contributed by atoms with Crippen LogP contribution in [0, 0.1) is 0 Å². The summed E-state index contributed by atoms with van der Waals surface area (Å²) in [5.74, 6) is 1.60. The molecule has 2 heterocycles. The van der Waals surface area contributed by atoms with Gasteiger partial charge in [-0.05, 0) is 44.8 Å². The second-order valence-electron chi connectivity index (χ2n) is 6.57. The van der Waals surface area contributed by atoms with E-state index in [0.29, 0.717) is 5.69 Å². The number of hydrogen-bond acceptors (Lipinski definition) is 6. The zero-order valence-corrected chi connectivity index (χ0v) is 16.6. The fourth-order valence-electron chi connectivity index (χ4n) is 2.96. The molecule has 144 valence electrons. The number of rotatable bonds is 6. The lowest BCUT2D eigenvalue weighted by Crippen LogP contribution is -2.30. The van der Waals surface area contributed by atoms with Gasteiger partial charge in [-0.25, -0.2) is 13.5 Å². The van der Waals surface area contributed by atoms with E-state index < -0.39 is 11.0 Å². The zero-order chi connectivity index (χ0) is 19.4. The summed E-state index contributed by atoms with van der Waals surface area (Å²) in [6.07, 6.45) is 4.32. The molecule has 7 nitrogen and oxygen atoms in total. The summed E-state index contributed by atoms with van der Waals surface area (Å²) >= 11 is 0. The number of nitrogens with zero attached hydrogens (tertiary/aromatic N) is 4. The van der Waals surface area contributed by atoms with Crippen molar-refractivity contribution in [1.82, 2.24) is 9.29 Å². The van der Waals surface area contributed by atoms with Gasteiger partial charge in [-0.15, -0.1) is 0 Å². The van der Waals surface area contributed by atoms with Gasteiger partial charge < -0.3 is 15.4 Å². The maximum Gasteiger partial charge on any atom is 0.130 e. The van der Waals surface area contributed by atoms with E-state index in [1.807, 2.05) is 44.4 Å². The van der Waals surface area contributed by atoms with Crippen LogP contribution in [0.3, 0.4) is 0 Å². The average Bonchev–Trinajstić information content (AvgIpc) is 3.16. The second kappa shape index (κ2) is 8.49. The highest BCUT2D eigenvalue weighted by atomic mass is 32.2. The zero-order valence-electron chi connectivity index (χ0n) is 15.8. The molecule has 2 unspecified atom stereocenters. The third kappa shape index (κ3) is 4.64. The summed E-state index contributed by atoms with van der Waals surface area (Å²) < 4.78 is 19.1. The molecule has 1 aromatic carbocycles. The Kier molecular flexibility index (Phi) is 6.08. The Hall–Kier alpha value is -2.45. The first kappa shape index (κ1) is 19.3. The SMILES string of the molecule is COc1ccc(N=Cc2cnc(N3CCC(S(=O)N(C)C)C3)cc2N)cc1. The van der Waals surface area contributed by atoms with Gasteiger partial charge in [0.1, 0.15) is 11.6 Å². The molecule has 2 atom stereocenters. The first-order valence-electron chi connectivity index (χ1n) is 8.74. The van der Waals surface area contributed by atoms with Crippen LogP contribution in [0.2, 0.25) is 0 Å². The molecule has 27 heavy (non-hydrogen) atoms. The molecule has 0 amide bonds. The van der Waals surface area contributed by atoms with Gasteiger partial charge in [0.2, 0.25) is 0 Å². The number of anilines is 2. The molecule has 1 saturated heterocycles. The summed E-state index contributed by atoms with van der Waals surface area (Å²) in [4.78, 5) is 11.1. The van der Waals surface area contributed by atoms with Gasteiger partial charge in [0.25, 0.3) is 0 Å². The molecule has 0 radical (unpaired) electrons. The maximum absolute atomic E-state index is 12.2. The number of nitrogen functional groups attached to an aromatic ring is 1. The molecule has 0 spiro atoms. The first-order valence-corrected chi connectivity index (χ1v) is 9.91. The molecule has 1 aliphatic rings. The Morgan fingerprint density at radius 1 is 1.37 bits per heavy atom. The largest absolute Gasteiger partial charge is 0.497 e. The molecule has 2 aromatic rings. The summed E-state index contributed by atoms with van der Waals surface area (Å²) in [5.41, 5.74) is 8.39. The fourth-order valence-corrected chi connectivity index (χ4v) is 4.17. The van der Waals surface area contributed by atoms with Gasteiger partial charge in [0.15, 0.2) is 0 Å². The lowest BCUT2D eigenvalue weighted by atomic mass is 10.2. The van der Waals surface area contributed by atoms with Crippen molar-refractivity contribution in [2.75, 3.05) is 44.9 Å². The van der Waals surface area contributed by atoms with Crippen molar-refractivity contribution in [1.29, 1.82) is 0 Å².